The van der Waals surface area contributed by atoms with Crippen LogP contribution in [0.1, 0.15) is 20.8 Å². The molecule has 0 unspecified atom stereocenters. The average Bonchev–Trinajstić information content (AvgIpc) is 2.25. The van der Waals surface area contributed by atoms with Crippen molar-refractivity contribution in [1.29, 1.82) is 0 Å². The highest BCUT2D eigenvalue weighted by atomic mass is 35.5. The van der Waals surface area contributed by atoms with E-state index in [1.54, 1.807) is 20.8 Å². The molecule has 1 N–H and O–H groups in total. The number of halogens is 1. The molecule has 0 atom stereocenters. The second-order valence-electron chi connectivity index (χ2n) is 4.71. The second kappa shape index (κ2) is 5.94. The van der Waals surface area contributed by atoms with Crippen molar-refractivity contribution in [3.05, 3.63) is 27.4 Å². The number of nitrogens with one attached hydrogen (secondary N) is 1. The summed E-state index contributed by atoms with van der Waals surface area (Å²) in [5.74, 6) is -0.729. The van der Waals surface area contributed by atoms with E-state index in [0.29, 0.717) is 0 Å². The monoisotopic (exact) mass is 287 g/mol. The van der Waals surface area contributed by atoms with Gasteiger partial charge in [0.1, 0.15) is 11.8 Å². The third-order valence-electron chi connectivity index (χ3n) is 1.93. The highest BCUT2D eigenvalue weighted by molar-refractivity contribution is 6.29. The minimum absolute atomic E-state index is 0.0534. The molecule has 0 radical (unpaired) electrons. The Morgan fingerprint density at radius 1 is 1.53 bits per heavy atom. The van der Waals surface area contributed by atoms with Crippen LogP contribution in [-0.4, -0.2) is 28.0 Å². The first kappa shape index (κ1) is 15.3. The number of amides is 1. The number of hydrogen-bond donors (Lipinski definition) is 1. The average molecular weight is 288 g/mol. The number of carbonyl (C=O) groups excluding carboxylic acids is 1. The summed E-state index contributed by atoms with van der Waals surface area (Å²) in [5, 5.41) is 13.1. The lowest BCUT2D eigenvalue weighted by molar-refractivity contribution is -0.384. The van der Waals surface area contributed by atoms with Gasteiger partial charge in [0, 0.05) is 6.07 Å². The van der Waals surface area contributed by atoms with Gasteiger partial charge in [-0.25, -0.2) is 4.98 Å². The van der Waals surface area contributed by atoms with E-state index in [9.17, 15) is 14.9 Å². The van der Waals surface area contributed by atoms with Crippen molar-refractivity contribution in [2.45, 2.75) is 26.4 Å². The number of nitro groups is 1. The topological polar surface area (TPSA) is 94.4 Å². The van der Waals surface area contributed by atoms with E-state index >= 15 is 0 Å². The number of ether oxygens (including phenoxy) is 1. The van der Waals surface area contributed by atoms with Gasteiger partial charge in [0.25, 0.3) is 5.91 Å². The molecular weight excluding hydrogens is 274 g/mol. The quantitative estimate of drug-likeness (QED) is 0.521. The second-order valence-corrected chi connectivity index (χ2v) is 5.10. The van der Waals surface area contributed by atoms with Crippen LogP contribution in [0.2, 0.25) is 5.15 Å². The largest absolute Gasteiger partial charge is 0.366 e. The molecule has 19 heavy (non-hydrogen) atoms. The van der Waals surface area contributed by atoms with Crippen molar-refractivity contribution in [3.63, 3.8) is 0 Å². The summed E-state index contributed by atoms with van der Waals surface area (Å²) in [5.41, 5.74) is -0.807. The van der Waals surface area contributed by atoms with E-state index in [1.165, 1.54) is 12.1 Å². The van der Waals surface area contributed by atoms with Crippen LogP contribution < -0.4 is 5.32 Å². The maximum absolute atomic E-state index is 11.6. The normalized spacial score (nSPS) is 11.2. The van der Waals surface area contributed by atoms with Gasteiger partial charge >= 0.3 is 5.69 Å². The lowest BCUT2D eigenvalue weighted by Crippen LogP contribution is -2.27. The Hall–Kier alpha value is -1.73. The molecule has 0 fully saturated rings. The Morgan fingerprint density at radius 3 is 2.68 bits per heavy atom. The molecule has 7 nitrogen and oxygen atoms in total. The van der Waals surface area contributed by atoms with Crippen LogP contribution in [0.4, 0.5) is 11.5 Å². The fourth-order valence-electron chi connectivity index (χ4n) is 1.12. The molecule has 1 rings (SSSR count). The van der Waals surface area contributed by atoms with Crippen LogP contribution in [0.25, 0.3) is 0 Å². The molecule has 0 aliphatic heterocycles. The van der Waals surface area contributed by atoms with Gasteiger partial charge in [0.2, 0.25) is 5.82 Å². The van der Waals surface area contributed by atoms with Crippen molar-refractivity contribution in [2.24, 2.45) is 0 Å². The van der Waals surface area contributed by atoms with Crippen molar-refractivity contribution in [1.82, 2.24) is 4.98 Å². The zero-order chi connectivity index (χ0) is 14.6. The molecule has 0 spiro atoms. The lowest BCUT2D eigenvalue weighted by Gasteiger charge is -2.18. The van der Waals surface area contributed by atoms with Crippen LogP contribution in [0, 0.1) is 10.1 Å². The van der Waals surface area contributed by atoms with Crippen molar-refractivity contribution < 1.29 is 14.5 Å². The Balaban J connectivity index is 2.78. The first-order valence-corrected chi connectivity index (χ1v) is 5.81. The van der Waals surface area contributed by atoms with Gasteiger partial charge in [0.15, 0.2) is 0 Å². The lowest BCUT2D eigenvalue weighted by atomic mass is 10.2. The standard InChI is InChI=1S/C11H14ClN3O4/c1-11(2,3)19-6-9(16)14-10-7(15(17)18)4-5-8(12)13-10/h4-5H,6H2,1-3H3,(H,13,14,16). The van der Waals surface area contributed by atoms with Gasteiger partial charge in [-0.3, -0.25) is 14.9 Å². The van der Waals surface area contributed by atoms with Gasteiger partial charge in [0.05, 0.1) is 10.5 Å². The summed E-state index contributed by atoms with van der Waals surface area (Å²) in [6.45, 7) is 5.15. The SMILES string of the molecule is CC(C)(C)OCC(=O)Nc1nc(Cl)ccc1[N+](=O)[O-]. The van der Waals surface area contributed by atoms with Crippen LogP contribution in [-0.2, 0) is 9.53 Å². The molecule has 1 heterocycles. The number of anilines is 1. The Bertz CT molecular complexity index is 499. The number of nitrogens with zero attached hydrogens (tertiary/aromatic N) is 2. The smallest absolute Gasteiger partial charge is 0.311 e. The van der Waals surface area contributed by atoms with E-state index in [-0.39, 0.29) is 23.3 Å². The van der Waals surface area contributed by atoms with Crippen LogP contribution >= 0.6 is 11.6 Å². The van der Waals surface area contributed by atoms with Crippen molar-refractivity contribution in [2.75, 3.05) is 11.9 Å². The molecule has 0 bridgehead atoms. The molecule has 0 saturated heterocycles. The van der Waals surface area contributed by atoms with E-state index in [0.717, 1.165) is 0 Å². The summed E-state index contributed by atoms with van der Waals surface area (Å²) in [6.07, 6.45) is 0. The maximum atomic E-state index is 11.6. The van der Waals surface area contributed by atoms with Crippen LogP contribution in [0.5, 0.6) is 0 Å². The molecule has 0 aliphatic carbocycles. The highest BCUT2D eigenvalue weighted by Crippen LogP contribution is 2.23. The first-order valence-electron chi connectivity index (χ1n) is 5.44. The third-order valence-corrected chi connectivity index (χ3v) is 2.14. The van der Waals surface area contributed by atoms with Gasteiger partial charge < -0.3 is 10.1 Å². The number of carbonyl (C=O) groups is 1. The molecule has 8 heteroatoms. The summed E-state index contributed by atoms with van der Waals surface area (Å²) in [7, 11) is 0. The van der Waals surface area contributed by atoms with Crippen LogP contribution in [0.15, 0.2) is 12.1 Å². The number of aromatic nitrogens is 1. The molecule has 1 aromatic heterocycles. The van der Waals surface area contributed by atoms with E-state index in [2.05, 4.69) is 10.3 Å². The minimum Gasteiger partial charge on any atom is -0.366 e. The summed E-state index contributed by atoms with van der Waals surface area (Å²) < 4.78 is 5.25. The zero-order valence-electron chi connectivity index (χ0n) is 10.8. The maximum Gasteiger partial charge on any atom is 0.311 e. The Labute approximate surface area is 115 Å². The van der Waals surface area contributed by atoms with Gasteiger partial charge in [-0.2, -0.15) is 0 Å². The van der Waals surface area contributed by atoms with Crippen molar-refractivity contribution >= 4 is 29.0 Å². The van der Waals surface area contributed by atoms with Gasteiger partial charge in [-0.1, -0.05) is 11.6 Å². The summed E-state index contributed by atoms with van der Waals surface area (Å²) in [4.78, 5) is 25.4. The third kappa shape index (κ3) is 5.19. The van der Waals surface area contributed by atoms with E-state index < -0.39 is 16.4 Å². The molecule has 0 aromatic carbocycles. The molecule has 0 saturated carbocycles. The van der Waals surface area contributed by atoms with E-state index in [1.807, 2.05) is 0 Å². The fraction of sp³-hybridized carbons (Fsp3) is 0.455. The molecule has 1 amide bonds. The number of hydrogen-bond acceptors (Lipinski definition) is 5. The minimum atomic E-state index is -0.649. The Morgan fingerprint density at radius 2 is 2.16 bits per heavy atom. The number of pyridine rings is 1. The van der Waals surface area contributed by atoms with Gasteiger partial charge in [-0.15, -0.1) is 0 Å². The van der Waals surface area contributed by atoms with Gasteiger partial charge in [-0.05, 0) is 26.8 Å². The van der Waals surface area contributed by atoms with Crippen molar-refractivity contribution in [3.8, 4) is 0 Å². The molecular formula is C11H14ClN3O4. The predicted octanol–water partition coefficient (Wildman–Crippen LogP) is 2.40. The fourth-order valence-corrected chi connectivity index (χ4v) is 1.27. The molecule has 1 aromatic rings. The predicted molar refractivity (Wildman–Crippen MR) is 70.2 cm³/mol. The van der Waals surface area contributed by atoms with Crippen LogP contribution in [0.3, 0.4) is 0 Å². The number of rotatable bonds is 4. The summed E-state index contributed by atoms with van der Waals surface area (Å²) in [6, 6.07) is 2.45. The summed E-state index contributed by atoms with van der Waals surface area (Å²) >= 11 is 5.64. The molecule has 0 aliphatic rings. The highest BCUT2D eigenvalue weighted by Gasteiger charge is 2.19. The first-order chi connectivity index (χ1) is 8.69. The van der Waals surface area contributed by atoms with E-state index in [4.69, 9.17) is 16.3 Å². The Kier molecular flexibility index (Phi) is 4.79. The zero-order valence-corrected chi connectivity index (χ0v) is 11.5. The molecule has 104 valence electrons.